The van der Waals surface area contributed by atoms with Gasteiger partial charge in [0.2, 0.25) is 25.0 Å². The molecule has 5 nitrogen and oxygen atoms in total. The molecule has 0 aromatic heterocycles. The Morgan fingerprint density at radius 2 is 0.844 bits per heavy atom. The molecule has 3 aromatic carbocycles. The van der Waals surface area contributed by atoms with E-state index < -0.39 is 62.4 Å². The summed E-state index contributed by atoms with van der Waals surface area (Å²) in [5.74, 6) is 8.69. The molecule has 0 saturated heterocycles. The second kappa shape index (κ2) is 34.0. The number of hydrogen-bond donors (Lipinski definition) is 0. The summed E-state index contributed by atoms with van der Waals surface area (Å²) in [6.07, 6.45) is 30.8. The fourth-order valence-corrected chi connectivity index (χ4v) is 21.3. The molecule has 2 saturated carbocycles. The normalized spacial score (nSPS) is 24.3. The van der Waals surface area contributed by atoms with Crippen LogP contribution < -0.4 is 0 Å². The van der Waals surface area contributed by atoms with Gasteiger partial charge in [-0.15, -0.1) is 11.8 Å². The fraction of sp³-hybridized carbons (Fsp3) is 0.526. The van der Waals surface area contributed by atoms with Gasteiger partial charge in [0.25, 0.3) is 0 Å². The van der Waals surface area contributed by atoms with Gasteiger partial charge in [-0.3, -0.25) is 4.70 Å². The van der Waals surface area contributed by atoms with E-state index in [4.69, 9.17) is 39.2 Å². The summed E-state index contributed by atoms with van der Waals surface area (Å²) in [7, 11) is 1.60. The summed E-state index contributed by atoms with van der Waals surface area (Å²) in [6.45, 7) is 57.4. The van der Waals surface area contributed by atoms with Crippen molar-refractivity contribution >= 4 is 76.8 Å². The van der Waals surface area contributed by atoms with Crippen LogP contribution in [0.4, 0.5) is 4.70 Å². The molecule has 7 aliphatic rings. The van der Waals surface area contributed by atoms with Gasteiger partial charge in [0.15, 0.2) is 16.6 Å². The maximum absolute atomic E-state index is 6.74. The minimum atomic E-state index is -1.75. The van der Waals surface area contributed by atoms with Gasteiger partial charge in [-0.2, -0.15) is 0 Å². The average molecular weight is 1440 g/mol. The molecule has 0 N–H and O–H groups in total. The molecular weight excluding hydrogens is 1310 g/mol. The Balaban J connectivity index is 0.000000414. The second-order valence-corrected chi connectivity index (χ2v) is 57.3. The van der Waals surface area contributed by atoms with Crippen LogP contribution in [0.15, 0.2) is 139 Å². The first-order chi connectivity index (χ1) is 40.4. The molecule has 2 fully saturated rings. The van der Waals surface area contributed by atoms with Gasteiger partial charge < -0.3 is 50.8 Å². The molecular formula is C76H121Cl2FO5Si5Zr-4. The first-order valence-corrected chi connectivity index (χ1v) is 54.9. The Bertz CT molecular complexity index is 2830. The van der Waals surface area contributed by atoms with Gasteiger partial charge >= 0.3 is 37.9 Å². The molecule has 90 heavy (non-hydrogen) atoms. The Kier molecular flexibility index (Phi) is 31.0. The van der Waals surface area contributed by atoms with Gasteiger partial charge in [-0.25, -0.2) is 0 Å². The van der Waals surface area contributed by atoms with Gasteiger partial charge in [0, 0.05) is 31.9 Å². The summed E-state index contributed by atoms with van der Waals surface area (Å²) >= 11 is -0.826. The van der Waals surface area contributed by atoms with E-state index in [1.165, 1.54) is 44.9 Å². The average Bonchev–Trinajstić information content (AvgIpc) is 1.79. The molecule has 3 aromatic rings. The van der Waals surface area contributed by atoms with Crippen molar-refractivity contribution in [2.24, 2.45) is 47.3 Å². The van der Waals surface area contributed by atoms with Crippen molar-refractivity contribution in [3.8, 4) is 0 Å². The number of fused-ring (bicyclic) bond motifs is 5. The number of benzene rings is 3. The Labute approximate surface area is 576 Å². The first-order valence-electron chi connectivity index (χ1n) is 32.5. The summed E-state index contributed by atoms with van der Waals surface area (Å²) < 4.78 is 32.6. The Morgan fingerprint density at radius 3 is 1.18 bits per heavy atom. The van der Waals surface area contributed by atoms with Crippen LogP contribution in [0.1, 0.15) is 128 Å². The van der Waals surface area contributed by atoms with Crippen LogP contribution in [0, 0.1) is 76.0 Å². The monoisotopic (exact) mass is 1430 g/mol. The topological polar surface area (TPSA) is 46.2 Å². The number of halogens is 3. The molecule has 0 spiro atoms. The summed E-state index contributed by atoms with van der Waals surface area (Å²) in [4.78, 5) is 0. The number of rotatable bonds is 17. The predicted octanol–water partition coefficient (Wildman–Crippen LogP) is 24.3. The van der Waals surface area contributed by atoms with Crippen molar-refractivity contribution in [1.29, 1.82) is 0 Å². The van der Waals surface area contributed by atoms with Crippen LogP contribution in [0.2, 0.25) is 95.2 Å². The molecule has 7 aliphatic carbocycles. The van der Waals surface area contributed by atoms with E-state index in [0.717, 1.165) is 37.9 Å². The molecule has 10 unspecified atom stereocenters. The van der Waals surface area contributed by atoms with E-state index in [0.29, 0.717) is 71.4 Å². The minimum absolute atomic E-state index is 0. The number of allylic oxidation sites excluding steroid dienone is 11. The van der Waals surface area contributed by atoms with Crippen molar-refractivity contribution in [2.45, 2.75) is 207 Å². The van der Waals surface area contributed by atoms with Gasteiger partial charge in [0.1, 0.15) is 0 Å². The van der Waals surface area contributed by atoms with Crippen LogP contribution in [0.25, 0.3) is 18.2 Å². The van der Waals surface area contributed by atoms with E-state index in [1.54, 1.807) is 0 Å². The van der Waals surface area contributed by atoms with Crippen LogP contribution in [-0.2, 0) is 49.4 Å². The molecule has 14 heteroatoms. The van der Waals surface area contributed by atoms with Crippen LogP contribution in [0.3, 0.4) is 0 Å². The summed E-state index contributed by atoms with van der Waals surface area (Å²) in [6, 6.07) is 26.0. The van der Waals surface area contributed by atoms with E-state index in [-0.39, 0.29) is 31.1 Å². The van der Waals surface area contributed by atoms with E-state index >= 15 is 0 Å². The zero-order chi connectivity index (χ0) is 64.7. The molecule has 0 aliphatic heterocycles. The molecule has 0 radical (unpaired) electrons. The van der Waals surface area contributed by atoms with E-state index in [1.807, 2.05) is 0 Å². The van der Waals surface area contributed by atoms with Crippen molar-refractivity contribution < 1.29 is 49.1 Å². The van der Waals surface area contributed by atoms with Crippen molar-refractivity contribution in [3.05, 3.63) is 201 Å². The molecule has 0 bridgehead atoms. The van der Waals surface area contributed by atoms with E-state index in [9.17, 15) is 0 Å². The van der Waals surface area contributed by atoms with Crippen LogP contribution in [0.5, 0.6) is 0 Å². The maximum atomic E-state index is 6.74. The van der Waals surface area contributed by atoms with Crippen LogP contribution in [-0.4, -0.2) is 53.8 Å². The molecule has 10 rings (SSSR count). The molecule has 10 atom stereocenters. The molecule has 0 amide bonds. The van der Waals surface area contributed by atoms with Crippen molar-refractivity contribution in [3.63, 3.8) is 0 Å². The first kappa shape index (κ1) is 81.9. The summed E-state index contributed by atoms with van der Waals surface area (Å²) in [5, 5.41) is 0.568. The zero-order valence-electron chi connectivity index (χ0n) is 59.9. The SMILES string of the molecule is C[Si](C)(C)OC1=Cc2ccccc2C1.C[Si](C)(C)OC1=Cc2ccccc2C1CCC1C(O[Si](C)(C)C)=Cc2ccccc21.F.[3HH].[CH2-]C1C(O[Si](C)(C)C(C)(C)C(C)C)CC2C=CC=CC21.[CH2-]C1C(O[Si](C)(C)C(C)(C)C(C)C)CC2C=CC=CC21.[CH3-].[CH3-].[Cl][Zr][Cl]. The van der Waals surface area contributed by atoms with Gasteiger partial charge in [-0.05, 0) is 208 Å². The Morgan fingerprint density at radius 1 is 0.511 bits per heavy atom. The molecule has 504 valence electrons. The predicted molar refractivity (Wildman–Crippen MR) is 404 cm³/mol. The zero-order valence-corrected chi connectivity index (χ0v) is 68.8. The Hall–Kier alpha value is -2.36. The van der Waals surface area contributed by atoms with Gasteiger partial charge in [0.05, 0.1) is 17.3 Å². The van der Waals surface area contributed by atoms with Crippen LogP contribution >= 0.6 is 17.0 Å². The quantitative estimate of drug-likeness (QED) is 0.0996. The van der Waals surface area contributed by atoms with Crippen molar-refractivity contribution in [1.82, 2.24) is 0 Å². The third-order valence-electron chi connectivity index (χ3n) is 20.2. The fourth-order valence-electron chi connectivity index (χ4n) is 13.1. The third kappa shape index (κ3) is 21.6. The second-order valence-electron chi connectivity index (χ2n) is 31.1. The molecule has 0 heterocycles. The number of hydrogen-bond acceptors (Lipinski definition) is 5. The van der Waals surface area contributed by atoms with Gasteiger partial charge in [-0.1, -0.05) is 177 Å². The third-order valence-corrected chi connectivity index (χ3v) is 31.9. The standard InChI is InChI=1S/C26H34O2Si2.2C18H31OSi.C12H16OSi.2CH3.2ClH.FH.Zr.H2/c1-29(2,3)27-25-17-19-11-7-9-13-21(19)23(25)15-16-24-22-14-10-8-12-20(22)18-26(24)28-30(4,5)6;2*1-13(2)18(4,5)20(6,7)19-17-12-15-10-8-9-11-16(15)14(17)3;1-14(2,3)13-12-8-10-6-4-5-7-11(10)9-12;;;;;;;/h7-14,17-18,23-24H,15-16H2,1-6H3;2*8-11,13-17H,3,12H2,1-2,4-7H3;4-8H,9H2,1-3H3;2*1H3;3*1H;;1H/q;2*-1;;2*-1;;;;+2;/p-2/i;;;;;;;;;;1+2. The summed E-state index contributed by atoms with van der Waals surface area (Å²) in [5.41, 5.74) is 8.16. The van der Waals surface area contributed by atoms with E-state index in [2.05, 4.69) is 294 Å². The van der Waals surface area contributed by atoms with Crippen molar-refractivity contribution in [2.75, 3.05) is 0 Å².